The summed E-state index contributed by atoms with van der Waals surface area (Å²) in [4.78, 5) is 2.49. The summed E-state index contributed by atoms with van der Waals surface area (Å²) in [6, 6.07) is 10.2. The Labute approximate surface area is 141 Å². The summed E-state index contributed by atoms with van der Waals surface area (Å²) < 4.78 is 5.18. The molecule has 0 aliphatic carbocycles. The van der Waals surface area contributed by atoms with Crippen molar-refractivity contribution in [2.75, 3.05) is 45.2 Å². The maximum Gasteiger partial charge on any atom is 0.206 e. The van der Waals surface area contributed by atoms with E-state index in [9.17, 15) is 0 Å². The summed E-state index contributed by atoms with van der Waals surface area (Å²) in [5, 5.41) is 13.9. The molecule has 0 spiro atoms. The zero-order valence-electron chi connectivity index (χ0n) is 13.6. The molecule has 1 saturated heterocycles. The highest BCUT2D eigenvalue weighted by atomic mass is 32.1. The second-order valence-corrected chi connectivity index (χ2v) is 6.94. The first-order chi connectivity index (χ1) is 11.3. The topological polar surface area (TPSA) is 50.3 Å². The van der Waals surface area contributed by atoms with Gasteiger partial charge in [0, 0.05) is 32.3 Å². The van der Waals surface area contributed by atoms with E-state index in [-0.39, 0.29) is 0 Å². The molecule has 6 heteroatoms. The van der Waals surface area contributed by atoms with Gasteiger partial charge in [-0.05, 0) is 25.3 Å². The Morgan fingerprint density at radius 1 is 1.30 bits per heavy atom. The lowest BCUT2D eigenvalue weighted by atomic mass is 9.98. The average molecular weight is 332 g/mol. The van der Waals surface area contributed by atoms with Crippen LogP contribution in [0.25, 0.3) is 10.6 Å². The van der Waals surface area contributed by atoms with Crippen LogP contribution in [0.1, 0.15) is 12.8 Å². The van der Waals surface area contributed by atoms with Gasteiger partial charge >= 0.3 is 0 Å². The maximum atomic E-state index is 5.18. The third-order valence-electron chi connectivity index (χ3n) is 4.20. The van der Waals surface area contributed by atoms with Crippen molar-refractivity contribution < 1.29 is 4.74 Å². The van der Waals surface area contributed by atoms with Gasteiger partial charge in [-0.15, -0.1) is 10.2 Å². The average Bonchev–Trinajstić information content (AvgIpc) is 3.08. The Morgan fingerprint density at radius 2 is 2.17 bits per heavy atom. The molecule has 0 bridgehead atoms. The molecule has 1 aromatic heterocycles. The summed E-state index contributed by atoms with van der Waals surface area (Å²) in [6.07, 6.45) is 2.54. The van der Waals surface area contributed by atoms with Gasteiger partial charge in [-0.2, -0.15) is 0 Å². The maximum absolute atomic E-state index is 5.18. The van der Waals surface area contributed by atoms with Gasteiger partial charge in [-0.3, -0.25) is 0 Å². The smallest absolute Gasteiger partial charge is 0.206 e. The summed E-state index contributed by atoms with van der Waals surface area (Å²) in [5.74, 6) is 0.671. The van der Waals surface area contributed by atoms with Crippen molar-refractivity contribution in [2.45, 2.75) is 12.8 Å². The number of anilines is 1. The monoisotopic (exact) mass is 332 g/mol. The number of hydrogen-bond acceptors (Lipinski definition) is 6. The van der Waals surface area contributed by atoms with Crippen LogP contribution in [0.5, 0.6) is 0 Å². The lowest BCUT2D eigenvalue weighted by Crippen LogP contribution is -2.39. The molecule has 0 amide bonds. The second-order valence-electron chi connectivity index (χ2n) is 5.96. The highest BCUT2D eigenvalue weighted by Crippen LogP contribution is 2.26. The van der Waals surface area contributed by atoms with Gasteiger partial charge in [0.2, 0.25) is 5.13 Å². The zero-order chi connectivity index (χ0) is 15.9. The fourth-order valence-corrected chi connectivity index (χ4v) is 3.72. The van der Waals surface area contributed by atoms with Crippen LogP contribution in [0.4, 0.5) is 5.13 Å². The minimum Gasteiger partial charge on any atom is -0.383 e. The van der Waals surface area contributed by atoms with Crippen molar-refractivity contribution in [3.8, 4) is 10.6 Å². The van der Waals surface area contributed by atoms with Crippen LogP contribution in [-0.2, 0) is 4.74 Å². The zero-order valence-corrected chi connectivity index (χ0v) is 14.4. The van der Waals surface area contributed by atoms with E-state index in [1.54, 1.807) is 18.4 Å². The van der Waals surface area contributed by atoms with Crippen molar-refractivity contribution in [2.24, 2.45) is 5.92 Å². The van der Waals surface area contributed by atoms with Gasteiger partial charge < -0.3 is 15.0 Å². The van der Waals surface area contributed by atoms with Crippen molar-refractivity contribution >= 4 is 16.5 Å². The van der Waals surface area contributed by atoms with E-state index in [0.717, 1.165) is 41.9 Å². The highest BCUT2D eigenvalue weighted by Gasteiger charge is 2.19. The molecule has 124 valence electrons. The van der Waals surface area contributed by atoms with Gasteiger partial charge in [-0.1, -0.05) is 41.7 Å². The number of nitrogens with zero attached hydrogens (tertiary/aromatic N) is 3. The van der Waals surface area contributed by atoms with Crippen molar-refractivity contribution in [3.05, 3.63) is 30.3 Å². The van der Waals surface area contributed by atoms with E-state index >= 15 is 0 Å². The minimum absolute atomic E-state index is 0.671. The quantitative estimate of drug-likeness (QED) is 0.845. The number of ether oxygens (including phenoxy) is 1. The van der Waals surface area contributed by atoms with Gasteiger partial charge in [0.25, 0.3) is 0 Å². The Hall–Kier alpha value is -1.50. The van der Waals surface area contributed by atoms with E-state index in [1.165, 1.54) is 19.4 Å². The molecule has 1 unspecified atom stereocenters. The molecule has 1 aromatic carbocycles. The van der Waals surface area contributed by atoms with Crippen molar-refractivity contribution in [1.29, 1.82) is 0 Å². The van der Waals surface area contributed by atoms with E-state index in [4.69, 9.17) is 4.74 Å². The second kappa shape index (κ2) is 8.38. The Morgan fingerprint density at radius 3 is 3.00 bits per heavy atom. The number of hydrogen-bond donors (Lipinski definition) is 1. The first-order valence-corrected chi connectivity index (χ1v) is 9.01. The van der Waals surface area contributed by atoms with E-state index in [0.29, 0.717) is 5.92 Å². The first-order valence-electron chi connectivity index (χ1n) is 8.19. The van der Waals surface area contributed by atoms with Crippen LogP contribution in [0.15, 0.2) is 30.3 Å². The molecule has 23 heavy (non-hydrogen) atoms. The van der Waals surface area contributed by atoms with Gasteiger partial charge in [0.05, 0.1) is 6.61 Å². The summed E-state index contributed by atoms with van der Waals surface area (Å²) in [5.41, 5.74) is 1.13. The predicted molar refractivity (Wildman–Crippen MR) is 94.9 cm³/mol. The fraction of sp³-hybridized carbons (Fsp3) is 0.529. The number of aromatic nitrogens is 2. The largest absolute Gasteiger partial charge is 0.383 e. The van der Waals surface area contributed by atoms with Crippen molar-refractivity contribution in [3.63, 3.8) is 0 Å². The van der Waals surface area contributed by atoms with Gasteiger partial charge in [-0.25, -0.2) is 0 Å². The number of rotatable bonds is 7. The minimum atomic E-state index is 0.671. The van der Waals surface area contributed by atoms with E-state index in [1.807, 2.05) is 18.2 Å². The summed E-state index contributed by atoms with van der Waals surface area (Å²) >= 11 is 1.62. The molecule has 1 N–H and O–H groups in total. The molecule has 1 fully saturated rings. The lowest BCUT2D eigenvalue weighted by Gasteiger charge is -2.32. The van der Waals surface area contributed by atoms with E-state index < -0.39 is 0 Å². The molecule has 2 heterocycles. The molecule has 5 nitrogen and oxygen atoms in total. The normalized spacial score (nSPS) is 18.9. The van der Waals surface area contributed by atoms with E-state index in [2.05, 4.69) is 32.5 Å². The molecule has 1 atom stereocenters. The van der Waals surface area contributed by atoms with Crippen LogP contribution < -0.4 is 5.32 Å². The molecule has 2 aromatic rings. The Bertz CT molecular complexity index is 589. The molecule has 0 radical (unpaired) electrons. The lowest BCUT2D eigenvalue weighted by molar-refractivity contribution is 0.117. The molecule has 0 saturated carbocycles. The Balaban J connectivity index is 1.50. The number of nitrogens with one attached hydrogen (secondary N) is 1. The number of piperidine rings is 1. The molecular weight excluding hydrogens is 308 g/mol. The number of benzene rings is 1. The Kier molecular flexibility index (Phi) is 5.96. The highest BCUT2D eigenvalue weighted by molar-refractivity contribution is 7.18. The third kappa shape index (κ3) is 4.73. The van der Waals surface area contributed by atoms with Crippen LogP contribution in [0.3, 0.4) is 0 Å². The summed E-state index contributed by atoms with van der Waals surface area (Å²) in [7, 11) is 1.77. The molecule has 1 aliphatic rings. The van der Waals surface area contributed by atoms with Crippen LogP contribution in [0.2, 0.25) is 0 Å². The number of likely N-dealkylation sites (tertiary alicyclic amines) is 1. The van der Waals surface area contributed by atoms with Crippen molar-refractivity contribution in [1.82, 2.24) is 15.1 Å². The number of methoxy groups -OCH3 is 1. The molecular formula is C17H24N4OS. The van der Waals surface area contributed by atoms with Crippen LogP contribution in [0, 0.1) is 5.92 Å². The van der Waals surface area contributed by atoms with Gasteiger partial charge in [0.1, 0.15) is 5.01 Å². The SMILES string of the molecule is COCCN1CCCC(CNc2nnc(-c3ccccc3)s2)C1. The standard InChI is InChI=1S/C17H24N4OS/c1-22-11-10-21-9-5-6-14(13-21)12-18-17-20-19-16(23-17)15-7-3-2-4-8-15/h2-4,7-8,14H,5-6,9-13H2,1H3,(H,18,20). The van der Waals surface area contributed by atoms with Crippen LogP contribution >= 0.6 is 11.3 Å². The molecule has 1 aliphatic heterocycles. The molecule has 3 rings (SSSR count). The third-order valence-corrected chi connectivity index (χ3v) is 5.13. The van der Waals surface area contributed by atoms with Gasteiger partial charge in [0.15, 0.2) is 0 Å². The fourth-order valence-electron chi connectivity index (χ4n) is 2.97. The van der Waals surface area contributed by atoms with Crippen LogP contribution in [-0.4, -0.2) is 55.0 Å². The first kappa shape index (κ1) is 16.4. The predicted octanol–water partition coefficient (Wildman–Crippen LogP) is 2.98. The summed E-state index contributed by atoms with van der Waals surface area (Å²) in [6.45, 7) is 5.14.